The summed E-state index contributed by atoms with van der Waals surface area (Å²) in [6.45, 7) is 1.14. The highest BCUT2D eigenvalue weighted by atomic mass is 79.9. The standard InChI is InChI=1S/C11H12BrF3N2O/c1-6-2-3-9(8(12)4-6)18-5-7(10(16)17)11(13,14)15/h2-4,7H,5H2,1H3,(H3,16,17). The smallest absolute Gasteiger partial charge is 0.401 e. The van der Waals surface area contributed by atoms with Gasteiger partial charge in [0.25, 0.3) is 0 Å². The molecule has 1 aromatic carbocycles. The van der Waals surface area contributed by atoms with E-state index in [4.69, 9.17) is 15.9 Å². The molecule has 0 fully saturated rings. The van der Waals surface area contributed by atoms with E-state index in [0.717, 1.165) is 5.56 Å². The molecule has 0 saturated carbocycles. The second kappa shape index (κ2) is 5.60. The van der Waals surface area contributed by atoms with Crippen molar-refractivity contribution in [2.24, 2.45) is 11.7 Å². The fourth-order valence-corrected chi connectivity index (χ4v) is 1.86. The summed E-state index contributed by atoms with van der Waals surface area (Å²) in [5.74, 6) is -2.76. The average molecular weight is 325 g/mol. The van der Waals surface area contributed by atoms with Crippen LogP contribution in [0.25, 0.3) is 0 Å². The molecule has 0 radical (unpaired) electrons. The second-order valence-corrected chi connectivity index (χ2v) is 4.65. The third-order valence-corrected chi connectivity index (χ3v) is 2.88. The number of halogens is 4. The second-order valence-electron chi connectivity index (χ2n) is 3.79. The summed E-state index contributed by atoms with van der Waals surface area (Å²) in [7, 11) is 0. The van der Waals surface area contributed by atoms with Crippen molar-refractivity contribution in [2.75, 3.05) is 6.61 Å². The van der Waals surface area contributed by atoms with Crippen LogP contribution in [0, 0.1) is 18.3 Å². The zero-order valence-corrected chi connectivity index (χ0v) is 11.1. The number of hydrogen-bond acceptors (Lipinski definition) is 2. The minimum absolute atomic E-state index is 0.288. The number of aryl methyl sites for hydroxylation is 1. The highest BCUT2D eigenvalue weighted by Crippen LogP contribution is 2.30. The van der Waals surface area contributed by atoms with Crippen LogP contribution in [0.2, 0.25) is 0 Å². The van der Waals surface area contributed by atoms with Gasteiger partial charge in [-0.3, -0.25) is 5.41 Å². The van der Waals surface area contributed by atoms with Crippen LogP contribution in [0.5, 0.6) is 5.75 Å². The lowest BCUT2D eigenvalue weighted by molar-refractivity contribution is -0.162. The maximum absolute atomic E-state index is 12.5. The molecule has 3 nitrogen and oxygen atoms in total. The van der Waals surface area contributed by atoms with Gasteiger partial charge in [-0.05, 0) is 40.5 Å². The fraction of sp³-hybridized carbons (Fsp3) is 0.364. The quantitative estimate of drug-likeness (QED) is 0.659. The molecule has 0 spiro atoms. The summed E-state index contributed by atoms with van der Waals surface area (Å²) in [5, 5.41) is 6.93. The summed E-state index contributed by atoms with van der Waals surface area (Å²) < 4.78 is 43.2. The Labute approximate surface area is 111 Å². The number of ether oxygens (including phenoxy) is 1. The monoisotopic (exact) mass is 324 g/mol. The Kier molecular flexibility index (Phi) is 4.61. The topological polar surface area (TPSA) is 59.1 Å². The molecule has 3 N–H and O–H groups in total. The van der Waals surface area contributed by atoms with E-state index in [9.17, 15) is 13.2 Å². The number of nitrogens with two attached hydrogens (primary N) is 1. The lowest BCUT2D eigenvalue weighted by Crippen LogP contribution is -2.39. The number of benzene rings is 1. The molecular formula is C11H12BrF3N2O. The third kappa shape index (κ3) is 3.90. The minimum Gasteiger partial charge on any atom is -0.491 e. The predicted octanol–water partition coefficient (Wildman–Crippen LogP) is 3.25. The SMILES string of the molecule is Cc1ccc(OCC(C(=N)N)C(F)(F)F)c(Br)c1. The Bertz CT molecular complexity index is 448. The molecule has 0 aromatic heterocycles. The van der Waals surface area contributed by atoms with Gasteiger partial charge in [0, 0.05) is 0 Å². The zero-order valence-electron chi connectivity index (χ0n) is 9.51. The van der Waals surface area contributed by atoms with E-state index in [1.807, 2.05) is 6.92 Å². The largest absolute Gasteiger partial charge is 0.491 e. The van der Waals surface area contributed by atoms with Crippen molar-refractivity contribution in [1.82, 2.24) is 0 Å². The van der Waals surface area contributed by atoms with E-state index in [2.05, 4.69) is 15.9 Å². The van der Waals surface area contributed by atoms with E-state index >= 15 is 0 Å². The van der Waals surface area contributed by atoms with Crippen molar-refractivity contribution in [3.8, 4) is 5.75 Å². The molecule has 0 saturated heterocycles. The van der Waals surface area contributed by atoms with Crippen LogP contribution in [0.4, 0.5) is 13.2 Å². The minimum atomic E-state index is -4.58. The van der Waals surface area contributed by atoms with Crippen molar-refractivity contribution in [3.05, 3.63) is 28.2 Å². The molecule has 0 bridgehead atoms. The van der Waals surface area contributed by atoms with E-state index in [0.29, 0.717) is 4.47 Å². The highest BCUT2D eigenvalue weighted by molar-refractivity contribution is 9.10. The Morgan fingerprint density at radius 1 is 1.50 bits per heavy atom. The lowest BCUT2D eigenvalue weighted by Gasteiger charge is -2.19. The van der Waals surface area contributed by atoms with Gasteiger partial charge in [-0.2, -0.15) is 13.2 Å². The first-order valence-corrected chi connectivity index (χ1v) is 5.80. The van der Waals surface area contributed by atoms with Gasteiger partial charge in [0.05, 0.1) is 4.47 Å². The molecule has 7 heteroatoms. The van der Waals surface area contributed by atoms with Crippen LogP contribution in [-0.4, -0.2) is 18.6 Å². The van der Waals surface area contributed by atoms with Crippen LogP contribution in [0.15, 0.2) is 22.7 Å². The van der Waals surface area contributed by atoms with Crippen LogP contribution in [0.3, 0.4) is 0 Å². The summed E-state index contributed by atoms with van der Waals surface area (Å²) in [5.41, 5.74) is 5.87. The van der Waals surface area contributed by atoms with Crippen molar-refractivity contribution < 1.29 is 17.9 Å². The maximum Gasteiger partial charge on any atom is 0.401 e. The predicted molar refractivity (Wildman–Crippen MR) is 65.8 cm³/mol. The molecule has 0 aliphatic rings. The van der Waals surface area contributed by atoms with Gasteiger partial charge >= 0.3 is 6.18 Å². The molecule has 18 heavy (non-hydrogen) atoms. The van der Waals surface area contributed by atoms with Gasteiger partial charge in [-0.1, -0.05) is 6.07 Å². The number of amidine groups is 1. The summed E-state index contributed by atoms with van der Waals surface area (Å²) in [6, 6.07) is 5.01. The van der Waals surface area contributed by atoms with E-state index in [1.165, 1.54) is 0 Å². The Hall–Kier alpha value is -1.24. The van der Waals surface area contributed by atoms with Crippen molar-refractivity contribution in [2.45, 2.75) is 13.1 Å². The molecule has 100 valence electrons. The number of hydrogen-bond donors (Lipinski definition) is 2. The summed E-state index contributed by atoms with van der Waals surface area (Å²) in [6.07, 6.45) is -4.58. The third-order valence-electron chi connectivity index (χ3n) is 2.26. The van der Waals surface area contributed by atoms with Crippen molar-refractivity contribution >= 4 is 21.8 Å². The van der Waals surface area contributed by atoms with Gasteiger partial charge in [0.1, 0.15) is 24.1 Å². The number of rotatable bonds is 4. The normalized spacial score (nSPS) is 13.2. The highest BCUT2D eigenvalue weighted by Gasteiger charge is 2.42. The van der Waals surface area contributed by atoms with Crippen molar-refractivity contribution in [3.63, 3.8) is 0 Å². The van der Waals surface area contributed by atoms with Gasteiger partial charge in [-0.15, -0.1) is 0 Å². The maximum atomic E-state index is 12.5. The van der Waals surface area contributed by atoms with Crippen LogP contribution in [0.1, 0.15) is 5.56 Å². The number of nitrogens with one attached hydrogen (secondary N) is 1. The van der Waals surface area contributed by atoms with E-state index in [-0.39, 0.29) is 5.75 Å². The summed E-state index contributed by atoms with van der Waals surface area (Å²) >= 11 is 3.19. The lowest BCUT2D eigenvalue weighted by atomic mass is 10.1. The molecule has 0 amide bonds. The first-order chi connectivity index (χ1) is 8.21. The molecule has 1 rings (SSSR count). The first-order valence-electron chi connectivity index (χ1n) is 5.01. The van der Waals surface area contributed by atoms with Gasteiger partial charge in [0.2, 0.25) is 0 Å². The Morgan fingerprint density at radius 2 is 2.11 bits per heavy atom. The van der Waals surface area contributed by atoms with Crippen LogP contribution in [-0.2, 0) is 0 Å². The molecule has 0 aliphatic heterocycles. The van der Waals surface area contributed by atoms with Crippen LogP contribution < -0.4 is 10.5 Å². The fourth-order valence-electron chi connectivity index (χ4n) is 1.26. The molecule has 1 aromatic rings. The molecule has 1 atom stereocenters. The van der Waals surface area contributed by atoms with Gasteiger partial charge in [-0.25, -0.2) is 0 Å². The molecular weight excluding hydrogens is 313 g/mol. The average Bonchev–Trinajstić information content (AvgIpc) is 2.18. The Balaban J connectivity index is 2.77. The van der Waals surface area contributed by atoms with E-state index < -0.39 is 24.5 Å². The number of alkyl halides is 3. The molecule has 1 unspecified atom stereocenters. The molecule has 0 heterocycles. The van der Waals surface area contributed by atoms with Crippen molar-refractivity contribution in [1.29, 1.82) is 5.41 Å². The van der Waals surface area contributed by atoms with E-state index in [1.54, 1.807) is 18.2 Å². The van der Waals surface area contributed by atoms with Gasteiger partial charge in [0.15, 0.2) is 0 Å². The zero-order chi connectivity index (χ0) is 13.9. The van der Waals surface area contributed by atoms with Crippen LogP contribution >= 0.6 is 15.9 Å². The Morgan fingerprint density at radius 3 is 2.56 bits per heavy atom. The summed E-state index contributed by atoms with van der Waals surface area (Å²) in [4.78, 5) is 0. The molecule has 0 aliphatic carbocycles. The van der Waals surface area contributed by atoms with Gasteiger partial charge < -0.3 is 10.5 Å². The first kappa shape index (κ1) is 14.8.